The second kappa shape index (κ2) is 6.26. The summed E-state index contributed by atoms with van der Waals surface area (Å²) < 4.78 is 10.6. The molecule has 1 heterocycles. The van der Waals surface area contributed by atoms with E-state index in [9.17, 15) is 9.90 Å². The molecule has 1 amide bonds. The highest BCUT2D eigenvalue weighted by Crippen LogP contribution is 2.32. The number of aliphatic hydroxyl groups excluding tert-OH is 1. The van der Waals surface area contributed by atoms with E-state index < -0.39 is 29.4 Å². The average molecular weight is 307 g/mol. The number of aliphatic hydroxyl groups is 1. The lowest BCUT2D eigenvalue weighted by molar-refractivity contribution is 0.0268. The molecule has 0 radical (unpaired) electrons. The maximum absolute atomic E-state index is 12.0. The number of carbonyl (C=O) groups excluding carboxylic acids is 1. The predicted octanol–water partition coefficient (Wildman–Crippen LogP) is 2.27. The normalized spacial score (nSPS) is 23.5. The van der Waals surface area contributed by atoms with Gasteiger partial charge in [-0.25, -0.2) is 4.79 Å². The summed E-state index contributed by atoms with van der Waals surface area (Å²) in [7, 11) is 0. The van der Waals surface area contributed by atoms with Crippen molar-refractivity contribution in [1.82, 2.24) is 5.32 Å². The molecule has 2 rings (SSSR count). The summed E-state index contributed by atoms with van der Waals surface area (Å²) in [5.41, 5.74) is -0.132. The monoisotopic (exact) mass is 307 g/mol. The van der Waals surface area contributed by atoms with Gasteiger partial charge < -0.3 is 19.9 Å². The van der Waals surface area contributed by atoms with E-state index in [2.05, 4.69) is 5.32 Å². The van der Waals surface area contributed by atoms with Crippen molar-refractivity contribution in [2.45, 2.75) is 57.5 Å². The molecule has 1 aliphatic heterocycles. The third-order valence-corrected chi connectivity index (χ3v) is 3.61. The van der Waals surface area contributed by atoms with Crippen molar-refractivity contribution in [3.05, 3.63) is 35.9 Å². The minimum Gasteiger partial charge on any atom is -0.444 e. The number of nitrogens with one attached hydrogen (secondary N) is 1. The van der Waals surface area contributed by atoms with Gasteiger partial charge in [0.1, 0.15) is 17.3 Å². The number of hydrogen-bond acceptors (Lipinski definition) is 4. The molecule has 1 aromatic rings. The van der Waals surface area contributed by atoms with E-state index >= 15 is 0 Å². The van der Waals surface area contributed by atoms with Crippen LogP contribution in [0.5, 0.6) is 0 Å². The molecule has 5 heteroatoms. The standard InChI is InChI=1S/C17H25NO4/c1-16(2,3)22-15(20)18-13(14(19)17(4)11-21-17)10-12-8-6-5-7-9-12/h5-9,13-14,19H,10-11H2,1-4H3,(H,18,20)/t13-,14-,17-/m0/s1. The SMILES string of the molecule is CC(C)(C)OC(=O)N[C@@H](Cc1ccccc1)[C@H](O)[C@]1(C)CO1. The first-order valence-electron chi connectivity index (χ1n) is 7.55. The van der Waals surface area contributed by atoms with Gasteiger partial charge >= 0.3 is 6.09 Å². The first-order chi connectivity index (χ1) is 10.2. The highest BCUT2D eigenvalue weighted by atomic mass is 16.6. The zero-order chi connectivity index (χ0) is 16.4. The molecule has 22 heavy (non-hydrogen) atoms. The van der Waals surface area contributed by atoms with E-state index in [4.69, 9.17) is 9.47 Å². The molecular formula is C17H25NO4. The Morgan fingerprint density at radius 2 is 2.00 bits per heavy atom. The van der Waals surface area contributed by atoms with E-state index in [1.165, 1.54) is 0 Å². The summed E-state index contributed by atoms with van der Waals surface area (Å²) in [5.74, 6) is 0. The van der Waals surface area contributed by atoms with Crippen molar-refractivity contribution in [2.24, 2.45) is 0 Å². The van der Waals surface area contributed by atoms with Crippen LogP contribution >= 0.6 is 0 Å². The van der Waals surface area contributed by atoms with Gasteiger partial charge in [0.05, 0.1) is 12.6 Å². The molecule has 1 aromatic carbocycles. The van der Waals surface area contributed by atoms with Crippen molar-refractivity contribution in [1.29, 1.82) is 0 Å². The van der Waals surface area contributed by atoms with Crippen LogP contribution in [0.1, 0.15) is 33.3 Å². The molecule has 0 aromatic heterocycles. The Hall–Kier alpha value is -1.59. The van der Waals surface area contributed by atoms with Crippen LogP contribution in [0.2, 0.25) is 0 Å². The minimum atomic E-state index is -0.791. The van der Waals surface area contributed by atoms with Gasteiger partial charge in [-0.05, 0) is 39.7 Å². The summed E-state index contributed by atoms with van der Waals surface area (Å²) in [4.78, 5) is 12.0. The third kappa shape index (κ3) is 4.71. The Kier molecular flexibility index (Phi) is 4.78. The Morgan fingerprint density at radius 3 is 2.50 bits per heavy atom. The fourth-order valence-corrected chi connectivity index (χ4v) is 2.28. The lowest BCUT2D eigenvalue weighted by Gasteiger charge is -2.28. The van der Waals surface area contributed by atoms with Crippen LogP contribution in [0.15, 0.2) is 30.3 Å². The van der Waals surface area contributed by atoms with Crippen LogP contribution in [0, 0.1) is 0 Å². The Morgan fingerprint density at radius 1 is 1.41 bits per heavy atom. The Labute approximate surface area is 131 Å². The number of rotatable bonds is 5. The van der Waals surface area contributed by atoms with E-state index in [-0.39, 0.29) is 0 Å². The van der Waals surface area contributed by atoms with Gasteiger partial charge in [0.25, 0.3) is 0 Å². The van der Waals surface area contributed by atoms with E-state index in [1.54, 1.807) is 20.8 Å². The molecular weight excluding hydrogens is 282 g/mol. The lowest BCUT2D eigenvalue weighted by atomic mass is 9.93. The highest BCUT2D eigenvalue weighted by Gasteiger charge is 2.50. The molecule has 5 nitrogen and oxygen atoms in total. The van der Waals surface area contributed by atoms with Crippen LogP contribution in [-0.2, 0) is 15.9 Å². The molecule has 1 aliphatic rings. The highest BCUT2D eigenvalue weighted by molar-refractivity contribution is 5.68. The van der Waals surface area contributed by atoms with E-state index in [0.29, 0.717) is 13.0 Å². The smallest absolute Gasteiger partial charge is 0.407 e. The largest absolute Gasteiger partial charge is 0.444 e. The van der Waals surface area contributed by atoms with Gasteiger partial charge in [-0.2, -0.15) is 0 Å². The van der Waals surface area contributed by atoms with Crippen molar-refractivity contribution in [3.8, 4) is 0 Å². The number of benzene rings is 1. The van der Waals surface area contributed by atoms with Gasteiger partial charge in [0.15, 0.2) is 0 Å². The second-order valence-corrected chi connectivity index (χ2v) is 6.99. The molecule has 0 spiro atoms. The van der Waals surface area contributed by atoms with Crippen molar-refractivity contribution >= 4 is 6.09 Å². The van der Waals surface area contributed by atoms with Crippen LogP contribution in [0.4, 0.5) is 4.79 Å². The van der Waals surface area contributed by atoms with Gasteiger partial charge in [0.2, 0.25) is 0 Å². The van der Waals surface area contributed by atoms with Gasteiger partial charge in [0, 0.05) is 0 Å². The van der Waals surface area contributed by atoms with Crippen molar-refractivity contribution < 1.29 is 19.4 Å². The van der Waals surface area contributed by atoms with Crippen LogP contribution in [0.3, 0.4) is 0 Å². The maximum atomic E-state index is 12.0. The van der Waals surface area contributed by atoms with Crippen LogP contribution in [0.25, 0.3) is 0 Å². The molecule has 3 atom stereocenters. The zero-order valence-corrected chi connectivity index (χ0v) is 13.6. The summed E-state index contributed by atoms with van der Waals surface area (Å²) >= 11 is 0. The average Bonchev–Trinajstić information content (AvgIpc) is 3.15. The third-order valence-electron chi connectivity index (χ3n) is 3.61. The summed E-state index contributed by atoms with van der Waals surface area (Å²) in [6.45, 7) is 7.75. The number of epoxide rings is 1. The zero-order valence-electron chi connectivity index (χ0n) is 13.6. The quantitative estimate of drug-likeness (QED) is 0.819. The maximum Gasteiger partial charge on any atom is 0.407 e. The van der Waals surface area contributed by atoms with E-state index in [0.717, 1.165) is 5.56 Å². The predicted molar refractivity (Wildman–Crippen MR) is 83.7 cm³/mol. The van der Waals surface area contributed by atoms with Crippen molar-refractivity contribution in [3.63, 3.8) is 0 Å². The van der Waals surface area contributed by atoms with Crippen LogP contribution < -0.4 is 5.32 Å². The summed E-state index contributed by atoms with van der Waals surface area (Å²) in [6, 6.07) is 9.26. The minimum absolute atomic E-state index is 0.468. The molecule has 1 fully saturated rings. The number of carbonyl (C=O) groups is 1. The van der Waals surface area contributed by atoms with Gasteiger partial charge in [-0.15, -0.1) is 0 Å². The Balaban J connectivity index is 2.06. The fraction of sp³-hybridized carbons (Fsp3) is 0.588. The van der Waals surface area contributed by atoms with Crippen LogP contribution in [-0.4, -0.2) is 41.2 Å². The second-order valence-electron chi connectivity index (χ2n) is 6.99. The molecule has 0 saturated carbocycles. The summed E-state index contributed by atoms with van der Waals surface area (Å²) in [5, 5.41) is 13.3. The number of amides is 1. The molecule has 0 bridgehead atoms. The number of ether oxygens (including phenoxy) is 2. The van der Waals surface area contributed by atoms with Gasteiger partial charge in [-0.1, -0.05) is 30.3 Å². The summed E-state index contributed by atoms with van der Waals surface area (Å²) in [6.07, 6.45) is -0.808. The van der Waals surface area contributed by atoms with Crippen molar-refractivity contribution in [2.75, 3.05) is 6.61 Å². The molecule has 0 unspecified atom stereocenters. The number of hydrogen-bond donors (Lipinski definition) is 2. The Bertz CT molecular complexity index is 505. The fourth-order valence-electron chi connectivity index (χ4n) is 2.28. The molecule has 1 saturated heterocycles. The first kappa shape index (κ1) is 16.8. The molecule has 122 valence electrons. The topological polar surface area (TPSA) is 71.1 Å². The first-order valence-corrected chi connectivity index (χ1v) is 7.55. The van der Waals surface area contributed by atoms with Gasteiger partial charge in [-0.3, -0.25) is 0 Å². The van der Waals surface area contributed by atoms with E-state index in [1.807, 2.05) is 37.3 Å². The lowest BCUT2D eigenvalue weighted by Crippen LogP contribution is -2.51. The molecule has 0 aliphatic carbocycles. The molecule has 2 N–H and O–H groups in total. The number of alkyl carbamates (subject to hydrolysis) is 1.